The average Bonchev–Trinajstić information content (AvgIpc) is 3.64. The molecule has 0 saturated heterocycles. The predicted octanol–water partition coefficient (Wildman–Crippen LogP) is 11.6. The Morgan fingerprint density at radius 3 is 1.75 bits per heavy atom. The van der Waals surface area contributed by atoms with E-state index in [9.17, 15) is 13.2 Å². The van der Waals surface area contributed by atoms with Crippen molar-refractivity contribution in [3.05, 3.63) is 163 Å². The number of nitrogens with zero attached hydrogens (tertiary/aromatic N) is 3. The molecule has 3 aromatic heterocycles. The molecule has 0 unspecified atom stereocenters. The van der Waals surface area contributed by atoms with E-state index in [0.717, 1.165) is 61.8 Å². The second-order valence-corrected chi connectivity index (χ2v) is 12.0. The summed E-state index contributed by atoms with van der Waals surface area (Å²) in [6.45, 7) is 0. The second-order valence-electron chi connectivity index (χ2n) is 12.0. The van der Waals surface area contributed by atoms with E-state index in [1.165, 1.54) is 22.9 Å². The SMILES string of the molecule is FC(F)(F)c1ccc(-c2cccc(-n3c4ccccc4c4ccc(-c5ccc6c(c5)c5ccccc5n6-c5ccccc5)cc43)n2)cc1. The molecule has 0 N–H and O–H groups in total. The van der Waals surface area contributed by atoms with Crippen molar-refractivity contribution in [2.75, 3.05) is 0 Å². The van der Waals surface area contributed by atoms with E-state index in [0.29, 0.717) is 17.1 Å². The van der Waals surface area contributed by atoms with Crippen LogP contribution in [-0.4, -0.2) is 14.1 Å². The van der Waals surface area contributed by atoms with Crippen molar-refractivity contribution in [2.45, 2.75) is 6.18 Å². The van der Waals surface area contributed by atoms with E-state index < -0.39 is 11.7 Å². The van der Waals surface area contributed by atoms with Gasteiger partial charge in [0.1, 0.15) is 5.82 Å². The molecule has 230 valence electrons. The smallest absolute Gasteiger partial charge is 0.309 e. The molecule has 3 heterocycles. The van der Waals surface area contributed by atoms with Gasteiger partial charge in [-0.2, -0.15) is 13.2 Å². The highest BCUT2D eigenvalue weighted by atomic mass is 19.4. The fourth-order valence-electron chi connectivity index (χ4n) is 6.94. The molecular weight excluding hydrogens is 603 g/mol. The molecular formula is C42H26F3N3. The minimum absolute atomic E-state index is 0.601. The van der Waals surface area contributed by atoms with E-state index in [2.05, 4.69) is 106 Å². The summed E-state index contributed by atoms with van der Waals surface area (Å²) in [6, 6.07) is 51.2. The minimum atomic E-state index is -4.39. The molecule has 0 saturated carbocycles. The molecule has 6 aromatic carbocycles. The number of pyridine rings is 1. The molecule has 0 amide bonds. The van der Waals surface area contributed by atoms with Crippen molar-refractivity contribution in [3.63, 3.8) is 0 Å². The third-order valence-electron chi connectivity index (χ3n) is 9.17. The molecule has 9 aromatic rings. The van der Waals surface area contributed by atoms with Gasteiger partial charge in [0, 0.05) is 32.8 Å². The summed E-state index contributed by atoms with van der Waals surface area (Å²) in [5.41, 5.74) is 8.13. The Bertz CT molecular complexity index is 2650. The van der Waals surface area contributed by atoms with Crippen molar-refractivity contribution < 1.29 is 13.2 Å². The van der Waals surface area contributed by atoms with Gasteiger partial charge >= 0.3 is 6.18 Å². The number of fused-ring (bicyclic) bond motifs is 6. The Hall–Kier alpha value is -6.14. The normalized spacial score (nSPS) is 12.1. The molecule has 0 spiro atoms. The highest BCUT2D eigenvalue weighted by Crippen LogP contribution is 2.38. The van der Waals surface area contributed by atoms with E-state index >= 15 is 0 Å². The van der Waals surface area contributed by atoms with Gasteiger partial charge < -0.3 is 4.57 Å². The third-order valence-corrected chi connectivity index (χ3v) is 9.17. The van der Waals surface area contributed by atoms with Crippen LogP contribution in [-0.2, 0) is 6.18 Å². The summed E-state index contributed by atoms with van der Waals surface area (Å²) in [5.74, 6) is 0.692. The van der Waals surface area contributed by atoms with Gasteiger partial charge in [0.15, 0.2) is 0 Å². The number of aromatic nitrogens is 3. The van der Waals surface area contributed by atoms with Crippen LogP contribution >= 0.6 is 0 Å². The lowest BCUT2D eigenvalue weighted by Crippen LogP contribution is -2.04. The zero-order valence-electron chi connectivity index (χ0n) is 25.5. The van der Waals surface area contributed by atoms with Gasteiger partial charge in [-0.3, -0.25) is 4.57 Å². The fraction of sp³-hybridized carbons (Fsp3) is 0.0238. The zero-order chi connectivity index (χ0) is 32.4. The molecule has 0 fully saturated rings. The molecule has 3 nitrogen and oxygen atoms in total. The van der Waals surface area contributed by atoms with Gasteiger partial charge in [0.05, 0.1) is 33.3 Å². The van der Waals surface area contributed by atoms with Crippen LogP contribution < -0.4 is 0 Å². The first-order chi connectivity index (χ1) is 23.4. The van der Waals surface area contributed by atoms with E-state index in [-0.39, 0.29) is 0 Å². The van der Waals surface area contributed by atoms with Crippen molar-refractivity contribution in [3.8, 4) is 33.9 Å². The van der Waals surface area contributed by atoms with Gasteiger partial charge in [-0.1, -0.05) is 91.0 Å². The molecule has 0 aliphatic heterocycles. The largest absolute Gasteiger partial charge is 0.416 e. The standard InChI is InChI=1S/C42H26F3N3/c43-42(44,45)30-21-17-27(18-22-30)36-13-8-16-41(46-36)48-38-15-7-4-11-32(38)34-23-19-29(26-40(34)48)28-20-24-39-35(25-28)33-12-5-6-14-37(33)47(39)31-9-2-1-3-10-31/h1-26H. The topological polar surface area (TPSA) is 22.8 Å². The lowest BCUT2D eigenvalue weighted by Gasteiger charge is -2.11. The van der Waals surface area contributed by atoms with Gasteiger partial charge in [-0.05, 0) is 77.9 Å². The van der Waals surface area contributed by atoms with Crippen LogP contribution in [0.4, 0.5) is 13.2 Å². The van der Waals surface area contributed by atoms with Gasteiger partial charge in [0.25, 0.3) is 0 Å². The maximum Gasteiger partial charge on any atom is 0.416 e. The zero-order valence-corrected chi connectivity index (χ0v) is 25.5. The van der Waals surface area contributed by atoms with Crippen LogP contribution in [0.2, 0.25) is 0 Å². The summed E-state index contributed by atoms with van der Waals surface area (Å²) in [4.78, 5) is 4.97. The van der Waals surface area contributed by atoms with Gasteiger partial charge in [0.2, 0.25) is 0 Å². The highest BCUT2D eigenvalue weighted by Gasteiger charge is 2.30. The summed E-state index contributed by atoms with van der Waals surface area (Å²) in [5, 5.41) is 4.57. The van der Waals surface area contributed by atoms with Crippen LogP contribution in [0, 0.1) is 0 Å². The lowest BCUT2D eigenvalue weighted by atomic mass is 10.0. The second kappa shape index (κ2) is 10.7. The summed E-state index contributed by atoms with van der Waals surface area (Å²) < 4.78 is 44.1. The third kappa shape index (κ3) is 4.48. The van der Waals surface area contributed by atoms with Crippen molar-refractivity contribution in [2.24, 2.45) is 0 Å². The van der Waals surface area contributed by atoms with Crippen LogP contribution in [0.3, 0.4) is 0 Å². The van der Waals surface area contributed by atoms with E-state index in [4.69, 9.17) is 4.98 Å². The van der Waals surface area contributed by atoms with Gasteiger partial charge in [-0.25, -0.2) is 4.98 Å². The first-order valence-electron chi connectivity index (χ1n) is 15.7. The van der Waals surface area contributed by atoms with Crippen LogP contribution in [0.25, 0.3) is 77.5 Å². The molecule has 0 radical (unpaired) electrons. The van der Waals surface area contributed by atoms with Crippen molar-refractivity contribution in [1.29, 1.82) is 0 Å². The number of hydrogen-bond donors (Lipinski definition) is 0. The number of para-hydroxylation sites is 3. The number of hydrogen-bond acceptors (Lipinski definition) is 1. The van der Waals surface area contributed by atoms with Crippen LogP contribution in [0.5, 0.6) is 0 Å². The number of rotatable bonds is 4. The molecule has 0 bridgehead atoms. The quantitative estimate of drug-likeness (QED) is 0.190. The molecule has 0 aliphatic carbocycles. The maximum atomic E-state index is 13.2. The first kappa shape index (κ1) is 28.1. The minimum Gasteiger partial charge on any atom is -0.309 e. The van der Waals surface area contributed by atoms with Crippen LogP contribution in [0.1, 0.15) is 5.56 Å². The fourth-order valence-corrected chi connectivity index (χ4v) is 6.94. The van der Waals surface area contributed by atoms with E-state index in [1.807, 2.05) is 36.4 Å². The van der Waals surface area contributed by atoms with Crippen molar-refractivity contribution in [1.82, 2.24) is 14.1 Å². The maximum absolute atomic E-state index is 13.2. The summed E-state index contributed by atoms with van der Waals surface area (Å²) in [7, 11) is 0. The molecule has 0 aliphatic rings. The summed E-state index contributed by atoms with van der Waals surface area (Å²) in [6.07, 6.45) is -4.39. The number of halogens is 3. The number of alkyl halides is 3. The number of benzene rings is 6. The molecule has 6 heteroatoms. The Labute approximate surface area is 273 Å². The first-order valence-corrected chi connectivity index (χ1v) is 15.7. The lowest BCUT2D eigenvalue weighted by molar-refractivity contribution is -0.137. The monoisotopic (exact) mass is 629 g/mol. The Kier molecular flexibility index (Phi) is 6.27. The Balaban J connectivity index is 1.21. The van der Waals surface area contributed by atoms with Crippen molar-refractivity contribution >= 4 is 43.6 Å². The molecule has 0 atom stereocenters. The molecule has 9 rings (SSSR count). The van der Waals surface area contributed by atoms with E-state index in [1.54, 1.807) is 0 Å². The molecule has 48 heavy (non-hydrogen) atoms. The highest BCUT2D eigenvalue weighted by molar-refractivity contribution is 6.12. The predicted molar refractivity (Wildman–Crippen MR) is 189 cm³/mol. The van der Waals surface area contributed by atoms with Crippen LogP contribution in [0.15, 0.2) is 158 Å². The Morgan fingerprint density at radius 2 is 1.00 bits per heavy atom. The summed E-state index contributed by atoms with van der Waals surface area (Å²) >= 11 is 0. The average molecular weight is 630 g/mol. The Morgan fingerprint density at radius 1 is 0.417 bits per heavy atom. The van der Waals surface area contributed by atoms with Gasteiger partial charge in [-0.15, -0.1) is 0 Å².